The predicted octanol–water partition coefficient (Wildman–Crippen LogP) is 1.94. The van der Waals surface area contributed by atoms with Crippen molar-refractivity contribution in [3.8, 4) is 0 Å². The van der Waals surface area contributed by atoms with Gasteiger partial charge in [-0.3, -0.25) is 4.79 Å². The van der Waals surface area contributed by atoms with Crippen LogP contribution >= 0.6 is 0 Å². The van der Waals surface area contributed by atoms with Gasteiger partial charge >= 0.3 is 12.0 Å². The Morgan fingerprint density at radius 3 is 2.52 bits per heavy atom. The highest BCUT2D eigenvalue weighted by Gasteiger charge is 2.39. The van der Waals surface area contributed by atoms with Crippen LogP contribution in [0.3, 0.4) is 0 Å². The van der Waals surface area contributed by atoms with E-state index in [0.29, 0.717) is 19.7 Å². The van der Waals surface area contributed by atoms with Gasteiger partial charge in [-0.15, -0.1) is 0 Å². The van der Waals surface area contributed by atoms with Gasteiger partial charge in [-0.05, 0) is 18.3 Å². The van der Waals surface area contributed by atoms with Gasteiger partial charge in [0.15, 0.2) is 0 Å². The lowest BCUT2D eigenvalue weighted by molar-refractivity contribution is -0.142. The van der Waals surface area contributed by atoms with Crippen molar-refractivity contribution < 1.29 is 19.4 Å². The molecule has 1 rings (SSSR count). The van der Waals surface area contributed by atoms with Crippen LogP contribution in [0.15, 0.2) is 0 Å². The van der Waals surface area contributed by atoms with Crippen LogP contribution in [0.1, 0.15) is 40.5 Å². The Bertz CT molecular complexity index is 371. The fourth-order valence-electron chi connectivity index (χ4n) is 2.29. The fourth-order valence-corrected chi connectivity index (χ4v) is 2.29. The van der Waals surface area contributed by atoms with Crippen molar-refractivity contribution in [3.63, 3.8) is 0 Å². The number of urea groups is 1. The molecule has 0 aliphatic carbocycles. The van der Waals surface area contributed by atoms with Gasteiger partial charge in [0, 0.05) is 13.1 Å². The number of amides is 2. The Morgan fingerprint density at radius 2 is 2.00 bits per heavy atom. The zero-order chi connectivity index (χ0) is 16.0. The molecule has 1 heterocycles. The van der Waals surface area contributed by atoms with Gasteiger partial charge in [0.1, 0.15) is 5.92 Å². The quantitative estimate of drug-likeness (QED) is 0.753. The summed E-state index contributed by atoms with van der Waals surface area (Å²) in [6, 6.07) is -0.577. The minimum atomic E-state index is -0.903. The molecule has 0 aromatic heterocycles. The summed E-state index contributed by atoms with van der Waals surface area (Å²) in [5.41, 5.74) is 0.0337. The lowest BCUT2D eigenvalue weighted by Gasteiger charge is -2.32. The monoisotopic (exact) mass is 300 g/mol. The summed E-state index contributed by atoms with van der Waals surface area (Å²) >= 11 is 0. The maximum Gasteiger partial charge on any atom is 0.317 e. The third-order valence-corrected chi connectivity index (χ3v) is 4.17. The number of carboxylic acids is 1. The van der Waals surface area contributed by atoms with Gasteiger partial charge < -0.3 is 20.1 Å². The number of hydrogen-bond acceptors (Lipinski definition) is 3. The molecule has 0 aromatic carbocycles. The molecule has 1 aliphatic heterocycles. The second-order valence-corrected chi connectivity index (χ2v) is 6.42. The number of nitrogens with zero attached hydrogens (tertiary/aromatic N) is 1. The first-order valence-corrected chi connectivity index (χ1v) is 7.67. The van der Waals surface area contributed by atoms with E-state index < -0.39 is 11.9 Å². The first-order valence-electron chi connectivity index (χ1n) is 7.67. The Labute approximate surface area is 126 Å². The summed E-state index contributed by atoms with van der Waals surface area (Å²) < 4.78 is 5.27. The van der Waals surface area contributed by atoms with E-state index in [4.69, 9.17) is 4.74 Å². The number of carboxylic acid groups (broad SMARTS) is 1. The Morgan fingerprint density at radius 1 is 1.33 bits per heavy atom. The molecule has 1 fully saturated rings. The highest BCUT2D eigenvalue weighted by atomic mass is 16.5. The van der Waals surface area contributed by atoms with E-state index >= 15 is 0 Å². The van der Waals surface area contributed by atoms with Crippen molar-refractivity contribution in [2.45, 2.75) is 46.6 Å². The van der Waals surface area contributed by atoms with Crippen LogP contribution in [0.5, 0.6) is 0 Å². The second kappa shape index (κ2) is 7.64. The summed E-state index contributed by atoms with van der Waals surface area (Å²) in [6.45, 7) is 9.83. The highest BCUT2D eigenvalue weighted by Crippen LogP contribution is 2.22. The van der Waals surface area contributed by atoms with Crippen molar-refractivity contribution in [1.29, 1.82) is 0 Å². The number of ether oxygens (including phenoxy) is 1. The summed E-state index contributed by atoms with van der Waals surface area (Å²) in [6.07, 6.45) is 1.75. The van der Waals surface area contributed by atoms with E-state index in [1.807, 2.05) is 6.92 Å². The number of rotatable bonds is 7. The molecular formula is C15H28N2O4. The van der Waals surface area contributed by atoms with Crippen molar-refractivity contribution >= 4 is 12.0 Å². The van der Waals surface area contributed by atoms with Gasteiger partial charge in [0.05, 0.1) is 19.3 Å². The van der Waals surface area contributed by atoms with Crippen LogP contribution in [0.4, 0.5) is 4.79 Å². The number of aliphatic carboxylic acids is 1. The van der Waals surface area contributed by atoms with Crippen LogP contribution in [-0.2, 0) is 9.53 Å². The van der Waals surface area contributed by atoms with Gasteiger partial charge in [0.2, 0.25) is 0 Å². The van der Waals surface area contributed by atoms with Crippen LogP contribution in [0.25, 0.3) is 0 Å². The number of hydrogen-bond donors (Lipinski definition) is 2. The first-order chi connectivity index (χ1) is 9.82. The lowest BCUT2D eigenvalue weighted by atomic mass is 9.90. The fraction of sp³-hybridized carbons (Fsp3) is 0.867. The predicted molar refractivity (Wildman–Crippen MR) is 80.2 cm³/mol. The third-order valence-electron chi connectivity index (χ3n) is 4.17. The molecule has 2 amide bonds. The van der Waals surface area contributed by atoms with Crippen LogP contribution in [0.2, 0.25) is 0 Å². The number of carbonyl (C=O) groups is 2. The topological polar surface area (TPSA) is 78.9 Å². The first kappa shape index (κ1) is 17.8. The van der Waals surface area contributed by atoms with Gasteiger partial charge in [-0.2, -0.15) is 0 Å². The van der Waals surface area contributed by atoms with Gasteiger partial charge in [-0.25, -0.2) is 4.79 Å². The van der Waals surface area contributed by atoms with Gasteiger partial charge in [0.25, 0.3) is 0 Å². The van der Waals surface area contributed by atoms with Crippen molar-refractivity contribution in [2.75, 3.05) is 26.3 Å². The molecule has 122 valence electrons. The largest absolute Gasteiger partial charge is 0.481 e. The molecule has 2 unspecified atom stereocenters. The maximum absolute atomic E-state index is 12.4. The summed E-state index contributed by atoms with van der Waals surface area (Å²) in [7, 11) is 0. The Hall–Kier alpha value is -1.30. The second-order valence-electron chi connectivity index (χ2n) is 6.42. The molecule has 6 nitrogen and oxygen atoms in total. The molecule has 6 heteroatoms. The Kier molecular flexibility index (Phi) is 6.45. The molecule has 2 N–H and O–H groups in total. The third kappa shape index (κ3) is 4.88. The van der Waals surface area contributed by atoms with Crippen molar-refractivity contribution in [1.82, 2.24) is 10.2 Å². The van der Waals surface area contributed by atoms with Crippen LogP contribution < -0.4 is 5.32 Å². The van der Waals surface area contributed by atoms with Crippen molar-refractivity contribution in [3.05, 3.63) is 0 Å². The smallest absolute Gasteiger partial charge is 0.317 e. The molecule has 0 spiro atoms. The average molecular weight is 300 g/mol. The SMILES string of the molecule is CCCN(C(=O)NCC(C)(C)CC)C1COCC1C(=O)O. The molecule has 0 aromatic rings. The number of carbonyl (C=O) groups excluding carboxylic acids is 1. The molecule has 1 saturated heterocycles. The molecule has 21 heavy (non-hydrogen) atoms. The zero-order valence-corrected chi connectivity index (χ0v) is 13.5. The lowest BCUT2D eigenvalue weighted by Crippen LogP contribution is -2.52. The zero-order valence-electron chi connectivity index (χ0n) is 13.5. The highest BCUT2D eigenvalue weighted by molar-refractivity contribution is 5.77. The minimum Gasteiger partial charge on any atom is -0.481 e. The summed E-state index contributed by atoms with van der Waals surface area (Å²) in [4.78, 5) is 25.3. The molecule has 1 aliphatic rings. The summed E-state index contributed by atoms with van der Waals surface area (Å²) in [5.74, 6) is -1.54. The Balaban J connectivity index is 2.72. The standard InChI is InChI=1S/C15H28N2O4/c1-5-7-17(12-9-21-8-11(12)13(18)19)14(20)16-10-15(3,4)6-2/h11-12H,5-10H2,1-4H3,(H,16,20)(H,18,19). The molecule has 2 atom stereocenters. The maximum atomic E-state index is 12.4. The molecular weight excluding hydrogens is 272 g/mol. The van der Waals surface area contributed by atoms with E-state index in [1.165, 1.54) is 0 Å². The van der Waals surface area contributed by atoms with E-state index in [1.54, 1.807) is 4.90 Å². The van der Waals surface area contributed by atoms with Gasteiger partial charge in [-0.1, -0.05) is 27.7 Å². The molecule has 0 bridgehead atoms. The van der Waals surface area contributed by atoms with E-state index in [2.05, 4.69) is 26.1 Å². The van der Waals surface area contributed by atoms with Crippen LogP contribution in [0, 0.1) is 11.3 Å². The number of nitrogens with one attached hydrogen (secondary N) is 1. The van der Waals surface area contributed by atoms with E-state index in [9.17, 15) is 14.7 Å². The molecule has 0 radical (unpaired) electrons. The van der Waals surface area contributed by atoms with Crippen molar-refractivity contribution in [2.24, 2.45) is 11.3 Å². The van der Waals surface area contributed by atoms with Crippen LogP contribution in [-0.4, -0.2) is 54.4 Å². The van der Waals surface area contributed by atoms with E-state index in [0.717, 1.165) is 12.8 Å². The minimum absolute atomic E-state index is 0.0337. The summed E-state index contributed by atoms with van der Waals surface area (Å²) in [5, 5.41) is 12.2. The average Bonchev–Trinajstić information content (AvgIpc) is 2.91. The molecule has 0 saturated carbocycles. The van der Waals surface area contributed by atoms with E-state index in [-0.39, 0.29) is 24.1 Å². The normalized spacial score (nSPS) is 22.1.